The Bertz CT molecular complexity index is 938. The van der Waals surface area contributed by atoms with Gasteiger partial charge in [-0.25, -0.2) is 0 Å². The van der Waals surface area contributed by atoms with Crippen molar-refractivity contribution < 1.29 is 0 Å². The van der Waals surface area contributed by atoms with E-state index in [-0.39, 0.29) is 0 Å². The molecule has 1 aromatic rings. The summed E-state index contributed by atoms with van der Waals surface area (Å²) in [7, 11) is 0. The van der Waals surface area contributed by atoms with Crippen LogP contribution in [0.3, 0.4) is 0 Å². The summed E-state index contributed by atoms with van der Waals surface area (Å²) in [5, 5.41) is 3.56. The number of nitrogens with one attached hydrogen (secondary N) is 1. The minimum absolute atomic E-state index is 0.442. The Labute approximate surface area is 191 Å². The summed E-state index contributed by atoms with van der Waals surface area (Å²) in [5.74, 6) is 0.736. The van der Waals surface area contributed by atoms with E-state index >= 15 is 0 Å². The molecule has 1 N–H and O–H groups in total. The summed E-state index contributed by atoms with van der Waals surface area (Å²) < 4.78 is 0. The summed E-state index contributed by atoms with van der Waals surface area (Å²) >= 11 is 0. The Hall–Kier alpha value is -1.76. The molecule has 3 aliphatic rings. The van der Waals surface area contributed by atoms with Crippen LogP contribution in [0.5, 0.6) is 0 Å². The first-order chi connectivity index (χ1) is 14.9. The van der Waals surface area contributed by atoms with Crippen LogP contribution in [0, 0.1) is 17.8 Å². The van der Waals surface area contributed by atoms with Crippen LogP contribution in [-0.2, 0) is 12.8 Å². The lowest BCUT2D eigenvalue weighted by molar-refractivity contribution is 0.300. The highest BCUT2D eigenvalue weighted by atomic mass is 14.9. The molecule has 4 rings (SSSR count). The van der Waals surface area contributed by atoms with Crippen LogP contribution in [0.25, 0.3) is 11.3 Å². The van der Waals surface area contributed by atoms with Crippen LogP contribution in [0.1, 0.15) is 112 Å². The van der Waals surface area contributed by atoms with Crippen LogP contribution >= 0.6 is 0 Å². The molecule has 0 spiro atoms. The van der Waals surface area contributed by atoms with Crippen molar-refractivity contribution in [3.63, 3.8) is 0 Å². The fourth-order valence-electron chi connectivity index (χ4n) is 7.62. The average Bonchev–Trinajstić information content (AvgIpc) is 3.04. The number of allylic oxidation sites excluding steroid dienone is 4. The van der Waals surface area contributed by atoms with Gasteiger partial charge in [-0.1, -0.05) is 71.8 Å². The van der Waals surface area contributed by atoms with Crippen LogP contribution in [0.4, 0.5) is 0 Å². The van der Waals surface area contributed by atoms with Gasteiger partial charge in [-0.15, -0.1) is 0 Å². The normalized spacial score (nSPS) is 25.9. The molecule has 0 radical (unpaired) electrons. The van der Waals surface area contributed by atoms with Crippen molar-refractivity contribution >= 4 is 11.3 Å². The van der Waals surface area contributed by atoms with E-state index in [9.17, 15) is 0 Å². The molecule has 31 heavy (non-hydrogen) atoms. The van der Waals surface area contributed by atoms with Crippen LogP contribution < -0.4 is 5.32 Å². The SMILES string of the molecule is C=C1NCCc2c1c(C)c1c(c2/C(C)=C/C=C\CCC)C2C(C)(C1)C2(CCC)CCC. The molecule has 2 atom stereocenters. The maximum Gasteiger partial charge on any atom is 0.0346 e. The Kier molecular flexibility index (Phi) is 6.01. The maximum absolute atomic E-state index is 4.42. The van der Waals surface area contributed by atoms with Gasteiger partial charge >= 0.3 is 0 Å². The molecule has 1 nitrogen and oxygen atoms in total. The summed E-state index contributed by atoms with van der Waals surface area (Å²) in [4.78, 5) is 0. The molecule has 0 aromatic heterocycles. The molecule has 1 aliphatic heterocycles. The van der Waals surface area contributed by atoms with Gasteiger partial charge in [0.2, 0.25) is 0 Å². The van der Waals surface area contributed by atoms with Crippen molar-refractivity contribution in [2.24, 2.45) is 10.8 Å². The first kappa shape index (κ1) is 22.4. The smallest absolute Gasteiger partial charge is 0.0346 e. The van der Waals surface area contributed by atoms with Gasteiger partial charge in [0.15, 0.2) is 0 Å². The lowest BCUT2D eigenvalue weighted by Crippen LogP contribution is -2.26. The van der Waals surface area contributed by atoms with Crippen molar-refractivity contribution in [2.75, 3.05) is 6.54 Å². The zero-order valence-corrected chi connectivity index (χ0v) is 20.9. The van der Waals surface area contributed by atoms with Crippen LogP contribution in [0.15, 0.2) is 24.8 Å². The molecule has 1 saturated carbocycles. The molecule has 168 valence electrons. The number of hydrogen-bond donors (Lipinski definition) is 1. The average molecular weight is 418 g/mol. The van der Waals surface area contributed by atoms with E-state index in [2.05, 4.69) is 71.7 Å². The molecule has 1 heteroatoms. The lowest BCUT2D eigenvalue weighted by atomic mass is 9.75. The van der Waals surface area contributed by atoms with Gasteiger partial charge in [0, 0.05) is 17.8 Å². The Balaban J connectivity index is 1.93. The second-order valence-corrected chi connectivity index (χ2v) is 10.7. The highest BCUT2D eigenvalue weighted by Crippen LogP contribution is 2.83. The van der Waals surface area contributed by atoms with Crippen molar-refractivity contribution in [3.8, 4) is 0 Å². The zero-order chi connectivity index (χ0) is 22.4. The standard InChI is InChI=1S/C30H43N/c1-8-11-12-13-14-20(4)25-23-15-18-31-22(6)26(23)21(5)24-19-29(7)28(27(24)25)30(29,16-9-2)17-10-3/h12-14,28,31H,6,8-11,15-19H2,1-5,7H3/b13-12-,20-14+. The minimum Gasteiger partial charge on any atom is -0.385 e. The number of rotatable bonds is 8. The van der Waals surface area contributed by atoms with Gasteiger partial charge in [0.05, 0.1) is 0 Å². The third-order valence-corrected chi connectivity index (χ3v) is 8.84. The fraction of sp³-hybridized carbons (Fsp3) is 0.600. The molecule has 0 saturated heterocycles. The second-order valence-electron chi connectivity index (χ2n) is 10.7. The maximum atomic E-state index is 4.42. The van der Waals surface area contributed by atoms with E-state index in [0.717, 1.165) is 31.0 Å². The van der Waals surface area contributed by atoms with E-state index in [0.29, 0.717) is 10.8 Å². The molecule has 2 unspecified atom stereocenters. The molecular weight excluding hydrogens is 374 g/mol. The Morgan fingerprint density at radius 3 is 2.48 bits per heavy atom. The van der Waals surface area contributed by atoms with Gasteiger partial charge < -0.3 is 5.32 Å². The number of fused-ring (bicyclic) bond motifs is 4. The van der Waals surface area contributed by atoms with Crippen LogP contribution in [-0.4, -0.2) is 6.54 Å². The van der Waals surface area contributed by atoms with Crippen LogP contribution in [0.2, 0.25) is 0 Å². The fourth-order valence-corrected chi connectivity index (χ4v) is 7.62. The predicted octanol–water partition coefficient (Wildman–Crippen LogP) is 8.12. The lowest BCUT2D eigenvalue weighted by Gasteiger charge is -2.32. The summed E-state index contributed by atoms with van der Waals surface area (Å²) in [6.07, 6.45) is 17.1. The molecule has 1 fully saturated rings. The molecule has 0 amide bonds. The number of hydrogen-bond acceptors (Lipinski definition) is 1. The number of unbranched alkanes of at least 4 members (excludes halogenated alkanes) is 1. The van der Waals surface area contributed by atoms with Gasteiger partial charge in [0.25, 0.3) is 0 Å². The largest absolute Gasteiger partial charge is 0.385 e. The Morgan fingerprint density at radius 2 is 1.84 bits per heavy atom. The second kappa shape index (κ2) is 8.30. The summed E-state index contributed by atoms with van der Waals surface area (Å²) in [6, 6.07) is 0. The zero-order valence-electron chi connectivity index (χ0n) is 20.9. The van der Waals surface area contributed by atoms with Crippen molar-refractivity contribution in [3.05, 3.63) is 58.2 Å². The van der Waals surface area contributed by atoms with Gasteiger partial charge in [0.1, 0.15) is 0 Å². The predicted molar refractivity (Wildman–Crippen MR) is 136 cm³/mol. The molecule has 0 bridgehead atoms. The highest BCUT2D eigenvalue weighted by Gasteiger charge is 2.75. The topological polar surface area (TPSA) is 12.0 Å². The Morgan fingerprint density at radius 1 is 1.13 bits per heavy atom. The minimum atomic E-state index is 0.442. The van der Waals surface area contributed by atoms with Crippen molar-refractivity contribution in [1.82, 2.24) is 5.32 Å². The van der Waals surface area contributed by atoms with E-state index in [4.69, 9.17) is 0 Å². The van der Waals surface area contributed by atoms with Gasteiger partial charge in [-0.3, -0.25) is 0 Å². The third-order valence-electron chi connectivity index (χ3n) is 8.84. The van der Waals surface area contributed by atoms with E-state index < -0.39 is 0 Å². The van der Waals surface area contributed by atoms with Gasteiger partial charge in [-0.05, 0) is 96.1 Å². The third kappa shape index (κ3) is 3.18. The summed E-state index contributed by atoms with van der Waals surface area (Å²) in [5.41, 5.74) is 13.0. The van der Waals surface area contributed by atoms with Crippen molar-refractivity contribution in [2.45, 2.75) is 98.8 Å². The molecule has 1 aromatic carbocycles. The quantitative estimate of drug-likeness (QED) is 0.421. The molecule has 1 heterocycles. The monoisotopic (exact) mass is 417 g/mol. The first-order valence-electron chi connectivity index (χ1n) is 12.8. The van der Waals surface area contributed by atoms with E-state index in [1.807, 2.05) is 0 Å². The number of benzene rings is 1. The first-order valence-corrected chi connectivity index (χ1v) is 12.8. The molecular formula is C30H43N. The van der Waals surface area contributed by atoms with E-state index in [1.165, 1.54) is 55.2 Å². The van der Waals surface area contributed by atoms with Crippen molar-refractivity contribution in [1.29, 1.82) is 0 Å². The highest BCUT2D eigenvalue weighted by molar-refractivity contribution is 5.83. The van der Waals surface area contributed by atoms with Gasteiger partial charge in [-0.2, -0.15) is 0 Å². The van der Waals surface area contributed by atoms with E-state index in [1.54, 1.807) is 22.3 Å². The summed E-state index contributed by atoms with van der Waals surface area (Å²) in [6.45, 7) is 19.8. The molecule has 2 aliphatic carbocycles.